The minimum Gasteiger partial charge on any atom is -0.370 e. The van der Waals surface area contributed by atoms with E-state index in [-0.39, 0.29) is 12.3 Å². The van der Waals surface area contributed by atoms with Crippen LogP contribution in [0.4, 0.5) is 0 Å². The van der Waals surface area contributed by atoms with Crippen molar-refractivity contribution in [2.45, 2.75) is 26.7 Å². The van der Waals surface area contributed by atoms with E-state index in [4.69, 9.17) is 11.6 Å². The minimum absolute atomic E-state index is 0.245. The van der Waals surface area contributed by atoms with Gasteiger partial charge in [-0.2, -0.15) is 0 Å². The van der Waals surface area contributed by atoms with Crippen molar-refractivity contribution < 1.29 is 4.79 Å². The summed E-state index contributed by atoms with van der Waals surface area (Å²) in [5.74, 6) is 6.40. The highest BCUT2D eigenvalue weighted by molar-refractivity contribution is 5.86. The van der Waals surface area contributed by atoms with Gasteiger partial charge in [-0.05, 0) is 25.8 Å². The maximum absolute atomic E-state index is 11.2. The highest BCUT2D eigenvalue weighted by atomic mass is 16.1. The average molecular weight is 309 g/mol. The van der Waals surface area contributed by atoms with Crippen LogP contribution in [-0.4, -0.2) is 20.6 Å². The SMILES string of the molecule is Cc1c(C)n(N)c2nc(-c3ccccc3)nc(CCC(N)=O)c12. The van der Waals surface area contributed by atoms with E-state index in [0.717, 1.165) is 27.9 Å². The zero-order valence-corrected chi connectivity index (χ0v) is 13.2. The number of amides is 1. The predicted molar refractivity (Wildman–Crippen MR) is 90.1 cm³/mol. The Bertz CT molecular complexity index is 883. The van der Waals surface area contributed by atoms with E-state index in [1.807, 2.05) is 44.2 Å². The second-order valence-electron chi connectivity index (χ2n) is 5.61. The van der Waals surface area contributed by atoms with E-state index in [0.29, 0.717) is 17.9 Å². The van der Waals surface area contributed by atoms with Crippen molar-refractivity contribution in [3.8, 4) is 11.4 Å². The molecule has 3 aromatic rings. The van der Waals surface area contributed by atoms with Crippen molar-refractivity contribution in [3.63, 3.8) is 0 Å². The quantitative estimate of drug-likeness (QED) is 0.718. The largest absolute Gasteiger partial charge is 0.370 e. The molecule has 1 aromatic carbocycles. The number of carbonyl (C=O) groups excluding carboxylic acids is 1. The van der Waals surface area contributed by atoms with Crippen LogP contribution >= 0.6 is 0 Å². The van der Waals surface area contributed by atoms with Crippen LogP contribution in [0, 0.1) is 13.8 Å². The number of benzene rings is 1. The zero-order valence-electron chi connectivity index (χ0n) is 13.2. The minimum atomic E-state index is -0.348. The molecule has 1 amide bonds. The van der Waals surface area contributed by atoms with E-state index < -0.39 is 0 Å². The molecule has 0 fully saturated rings. The Kier molecular flexibility index (Phi) is 3.73. The fourth-order valence-electron chi connectivity index (χ4n) is 2.71. The van der Waals surface area contributed by atoms with Gasteiger partial charge in [0, 0.05) is 23.1 Å². The molecule has 6 nitrogen and oxygen atoms in total. The molecule has 0 saturated carbocycles. The van der Waals surface area contributed by atoms with E-state index in [1.54, 1.807) is 4.68 Å². The number of rotatable bonds is 4. The Morgan fingerprint density at radius 1 is 1.17 bits per heavy atom. The third-order valence-corrected chi connectivity index (χ3v) is 4.11. The third kappa shape index (κ3) is 2.63. The molecule has 2 aromatic heterocycles. The number of nitrogens with zero attached hydrogens (tertiary/aromatic N) is 3. The van der Waals surface area contributed by atoms with Crippen LogP contribution in [0.1, 0.15) is 23.4 Å². The second-order valence-corrected chi connectivity index (χ2v) is 5.61. The van der Waals surface area contributed by atoms with Crippen LogP contribution in [0.5, 0.6) is 0 Å². The molecule has 6 heteroatoms. The van der Waals surface area contributed by atoms with Crippen molar-refractivity contribution in [1.29, 1.82) is 0 Å². The molecule has 3 rings (SSSR count). The first kappa shape index (κ1) is 15.0. The summed E-state index contributed by atoms with van der Waals surface area (Å²) in [6.07, 6.45) is 0.715. The maximum Gasteiger partial charge on any atom is 0.217 e. The lowest BCUT2D eigenvalue weighted by atomic mass is 10.1. The summed E-state index contributed by atoms with van der Waals surface area (Å²) in [5, 5.41) is 0.908. The number of carbonyl (C=O) groups is 1. The number of hydrogen-bond acceptors (Lipinski definition) is 4. The van der Waals surface area contributed by atoms with Crippen LogP contribution in [0.15, 0.2) is 30.3 Å². The van der Waals surface area contributed by atoms with Gasteiger partial charge in [0.2, 0.25) is 5.91 Å². The third-order valence-electron chi connectivity index (χ3n) is 4.11. The van der Waals surface area contributed by atoms with Crippen molar-refractivity contribution in [2.24, 2.45) is 5.73 Å². The van der Waals surface area contributed by atoms with Crippen LogP contribution in [-0.2, 0) is 11.2 Å². The number of hydrogen-bond donors (Lipinski definition) is 2. The number of aromatic nitrogens is 3. The molecule has 23 heavy (non-hydrogen) atoms. The summed E-state index contributed by atoms with van der Waals surface area (Å²) in [4.78, 5) is 20.5. The lowest BCUT2D eigenvalue weighted by Gasteiger charge is -2.07. The van der Waals surface area contributed by atoms with E-state index >= 15 is 0 Å². The molecule has 0 spiro atoms. The Morgan fingerprint density at radius 3 is 2.52 bits per heavy atom. The van der Waals surface area contributed by atoms with Gasteiger partial charge < -0.3 is 11.6 Å². The molecule has 0 radical (unpaired) electrons. The number of primary amides is 1. The first-order valence-electron chi connectivity index (χ1n) is 7.46. The normalized spacial score (nSPS) is 11.0. The smallest absolute Gasteiger partial charge is 0.217 e. The standard InChI is InChI=1S/C17H19N5O/c1-10-11(2)22(19)17-15(10)13(8-9-14(18)23)20-16(21-17)12-6-4-3-5-7-12/h3-7H,8-9,19H2,1-2H3,(H2,18,23). The van der Waals surface area contributed by atoms with Gasteiger partial charge in [-0.3, -0.25) is 4.79 Å². The fraction of sp³-hybridized carbons (Fsp3) is 0.235. The summed E-state index contributed by atoms with van der Waals surface area (Å²) in [7, 11) is 0. The van der Waals surface area contributed by atoms with Gasteiger partial charge in [0.1, 0.15) is 0 Å². The van der Waals surface area contributed by atoms with E-state index in [1.165, 1.54) is 0 Å². The van der Waals surface area contributed by atoms with Gasteiger partial charge in [0.15, 0.2) is 11.5 Å². The Labute approximate surface area is 134 Å². The topological polar surface area (TPSA) is 99.8 Å². The Morgan fingerprint density at radius 2 is 1.87 bits per heavy atom. The molecular formula is C17H19N5O. The van der Waals surface area contributed by atoms with Gasteiger partial charge in [-0.25, -0.2) is 14.6 Å². The highest BCUT2D eigenvalue weighted by Crippen LogP contribution is 2.28. The Balaban J connectivity index is 2.24. The molecule has 2 heterocycles. The number of aryl methyl sites for hydroxylation is 2. The monoisotopic (exact) mass is 309 g/mol. The molecule has 0 saturated heterocycles. The maximum atomic E-state index is 11.2. The number of nitrogens with two attached hydrogens (primary N) is 2. The van der Waals surface area contributed by atoms with Gasteiger partial charge >= 0.3 is 0 Å². The van der Waals surface area contributed by atoms with Crippen LogP contribution in [0.25, 0.3) is 22.4 Å². The van der Waals surface area contributed by atoms with Gasteiger partial charge in [0.05, 0.1) is 5.69 Å². The van der Waals surface area contributed by atoms with Crippen LogP contribution < -0.4 is 11.6 Å². The number of fused-ring (bicyclic) bond motifs is 1. The molecular weight excluding hydrogens is 290 g/mol. The van der Waals surface area contributed by atoms with Crippen molar-refractivity contribution in [2.75, 3.05) is 5.84 Å². The van der Waals surface area contributed by atoms with E-state index in [2.05, 4.69) is 9.97 Å². The van der Waals surface area contributed by atoms with Crippen molar-refractivity contribution in [1.82, 2.24) is 14.6 Å². The van der Waals surface area contributed by atoms with Gasteiger partial charge in [-0.1, -0.05) is 30.3 Å². The summed E-state index contributed by atoms with van der Waals surface area (Å²) < 4.78 is 1.58. The summed E-state index contributed by atoms with van der Waals surface area (Å²) in [6.45, 7) is 3.93. The molecule has 0 atom stereocenters. The fourth-order valence-corrected chi connectivity index (χ4v) is 2.71. The average Bonchev–Trinajstić information content (AvgIpc) is 2.78. The molecule has 4 N–H and O–H groups in total. The molecule has 0 aliphatic rings. The van der Waals surface area contributed by atoms with Crippen LogP contribution in [0.2, 0.25) is 0 Å². The summed E-state index contributed by atoms with van der Waals surface area (Å²) in [6, 6.07) is 9.70. The predicted octanol–water partition coefficient (Wildman–Crippen LogP) is 1.85. The highest BCUT2D eigenvalue weighted by Gasteiger charge is 2.18. The van der Waals surface area contributed by atoms with Crippen LogP contribution in [0.3, 0.4) is 0 Å². The summed E-state index contributed by atoms with van der Waals surface area (Å²) in [5.41, 5.74) is 9.64. The molecule has 0 unspecified atom stereocenters. The molecule has 0 aliphatic heterocycles. The number of nitrogen functional groups attached to an aromatic ring is 1. The molecule has 0 aliphatic carbocycles. The second kappa shape index (κ2) is 5.72. The Hall–Kier alpha value is -2.89. The molecule has 118 valence electrons. The molecule has 0 bridgehead atoms. The van der Waals surface area contributed by atoms with Crippen molar-refractivity contribution >= 4 is 16.9 Å². The van der Waals surface area contributed by atoms with Crippen molar-refractivity contribution in [3.05, 3.63) is 47.3 Å². The van der Waals surface area contributed by atoms with Gasteiger partial charge in [-0.15, -0.1) is 0 Å². The first-order chi connectivity index (χ1) is 11.0. The van der Waals surface area contributed by atoms with Gasteiger partial charge in [0.25, 0.3) is 0 Å². The summed E-state index contributed by atoms with van der Waals surface area (Å²) >= 11 is 0. The van der Waals surface area contributed by atoms with E-state index in [9.17, 15) is 4.79 Å². The lowest BCUT2D eigenvalue weighted by molar-refractivity contribution is -0.118. The zero-order chi connectivity index (χ0) is 16.6. The lowest BCUT2D eigenvalue weighted by Crippen LogP contribution is -2.13. The first-order valence-corrected chi connectivity index (χ1v) is 7.46.